The lowest BCUT2D eigenvalue weighted by molar-refractivity contribution is -0.143. The van der Waals surface area contributed by atoms with Gasteiger partial charge in [-0.25, -0.2) is 4.98 Å². The molecule has 0 saturated heterocycles. The van der Waals surface area contributed by atoms with Gasteiger partial charge in [0.05, 0.1) is 24.0 Å². The molecule has 0 aliphatic heterocycles. The van der Waals surface area contributed by atoms with Gasteiger partial charge in [0.15, 0.2) is 0 Å². The maximum atomic E-state index is 12.3. The van der Waals surface area contributed by atoms with Crippen molar-refractivity contribution in [2.45, 2.75) is 32.4 Å². The van der Waals surface area contributed by atoms with Crippen molar-refractivity contribution in [1.82, 2.24) is 19.6 Å². The summed E-state index contributed by atoms with van der Waals surface area (Å²) in [7, 11) is 0. The molecule has 158 valence electrons. The number of nitrogens with zero attached hydrogens (tertiary/aromatic N) is 4. The zero-order valence-electron chi connectivity index (χ0n) is 16.7. The van der Waals surface area contributed by atoms with Crippen LogP contribution in [0.25, 0.3) is 28.2 Å². The number of hydrogen-bond donors (Lipinski definition) is 0. The molecule has 0 saturated carbocycles. The van der Waals surface area contributed by atoms with Gasteiger partial charge in [-0.1, -0.05) is 18.2 Å². The van der Waals surface area contributed by atoms with Crippen molar-refractivity contribution >= 4 is 11.4 Å². The Morgan fingerprint density at radius 2 is 1.94 bits per heavy atom. The standard InChI is InChI=1S/C23H19F3N4O/c1-15-6-9-28-29-22(15)18-7-10-30-20(14-27-21(30)13-18)17-4-2-3-16(11-17)12-19(31)5-8-23(24,25)26/h2-4,6-7,9-11,13-14H,5,8,12H2,1H3. The minimum atomic E-state index is -4.32. The first-order valence-electron chi connectivity index (χ1n) is 9.74. The molecule has 0 radical (unpaired) electrons. The largest absolute Gasteiger partial charge is 0.389 e. The summed E-state index contributed by atoms with van der Waals surface area (Å²) in [5.41, 5.74) is 5.75. The molecule has 5 nitrogen and oxygen atoms in total. The number of alkyl halides is 3. The third kappa shape index (κ3) is 4.79. The summed E-state index contributed by atoms with van der Waals surface area (Å²) in [5, 5.41) is 8.15. The van der Waals surface area contributed by atoms with E-state index in [4.69, 9.17) is 0 Å². The fourth-order valence-electron chi connectivity index (χ4n) is 3.46. The van der Waals surface area contributed by atoms with Gasteiger partial charge in [-0.05, 0) is 42.3 Å². The van der Waals surface area contributed by atoms with E-state index in [0.29, 0.717) is 5.56 Å². The molecule has 8 heteroatoms. The van der Waals surface area contributed by atoms with Gasteiger partial charge >= 0.3 is 6.18 Å². The summed E-state index contributed by atoms with van der Waals surface area (Å²) in [6, 6.07) is 13.0. The number of Topliss-reactive ketones (excluding diaryl/α,β-unsaturated/α-hetero) is 1. The van der Waals surface area contributed by atoms with Gasteiger partial charge in [-0.3, -0.25) is 9.20 Å². The van der Waals surface area contributed by atoms with Crippen LogP contribution >= 0.6 is 0 Å². The van der Waals surface area contributed by atoms with Gasteiger partial charge in [0, 0.05) is 36.4 Å². The third-order valence-electron chi connectivity index (χ3n) is 5.02. The van der Waals surface area contributed by atoms with Crippen LogP contribution in [0.15, 0.2) is 61.1 Å². The highest BCUT2D eigenvalue weighted by Crippen LogP contribution is 2.27. The molecule has 3 heterocycles. The van der Waals surface area contributed by atoms with Crippen LogP contribution in [0, 0.1) is 6.92 Å². The highest BCUT2D eigenvalue weighted by molar-refractivity contribution is 5.81. The average Bonchev–Trinajstić information content (AvgIpc) is 3.16. The number of hydrogen-bond acceptors (Lipinski definition) is 4. The van der Waals surface area contributed by atoms with E-state index in [1.54, 1.807) is 24.5 Å². The third-order valence-corrected chi connectivity index (χ3v) is 5.02. The Morgan fingerprint density at radius 3 is 2.71 bits per heavy atom. The normalized spacial score (nSPS) is 11.7. The van der Waals surface area contributed by atoms with Crippen LogP contribution in [0.4, 0.5) is 13.2 Å². The van der Waals surface area contributed by atoms with Crippen molar-refractivity contribution in [2.24, 2.45) is 0 Å². The highest BCUT2D eigenvalue weighted by atomic mass is 19.4. The summed E-state index contributed by atoms with van der Waals surface area (Å²) < 4.78 is 38.9. The van der Waals surface area contributed by atoms with Gasteiger partial charge in [-0.15, -0.1) is 0 Å². The summed E-state index contributed by atoms with van der Waals surface area (Å²) >= 11 is 0. The summed E-state index contributed by atoms with van der Waals surface area (Å²) in [6.45, 7) is 1.96. The number of imidazole rings is 1. The van der Waals surface area contributed by atoms with Crippen molar-refractivity contribution in [3.63, 3.8) is 0 Å². The SMILES string of the molecule is Cc1ccnnc1-c1ccn2c(-c3cccc(CC(=O)CCC(F)(F)F)c3)cnc2c1. The molecule has 0 unspecified atom stereocenters. The average molecular weight is 424 g/mol. The second-order valence-corrected chi connectivity index (χ2v) is 7.38. The molecular weight excluding hydrogens is 405 g/mol. The van der Waals surface area contributed by atoms with Crippen LogP contribution in [0.5, 0.6) is 0 Å². The van der Waals surface area contributed by atoms with E-state index in [9.17, 15) is 18.0 Å². The minimum absolute atomic E-state index is 0.0310. The zero-order chi connectivity index (χ0) is 22.0. The molecule has 3 aromatic heterocycles. The van der Waals surface area contributed by atoms with E-state index in [-0.39, 0.29) is 6.42 Å². The van der Waals surface area contributed by atoms with Crippen LogP contribution in [0.2, 0.25) is 0 Å². The quantitative estimate of drug-likeness (QED) is 0.426. The molecule has 0 fully saturated rings. The predicted octanol–water partition coefficient (Wildman–Crippen LogP) is 5.22. The molecule has 1 aromatic carbocycles. The number of aromatic nitrogens is 4. The van der Waals surface area contributed by atoms with Crippen LogP contribution < -0.4 is 0 Å². The predicted molar refractivity (Wildman–Crippen MR) is 110 cm³/mol. The van der Waals surface area contributed by atoms with E-state index in [0.717, 1.165) is 33.7 Å². The fraction of sp³-hybridized carbons (Fsp3) is 0.217. The second kappa shape index (κ2) is 8.29. The maximum absolute atomic E-state index is 12.3. The lowest BCUT2D eigenvalue weighted by atomic mass is 10.0. The zero-order valence-corrected chi connectivity index (χ0v) is 16.7. The Morgan fingerprint density at radius 1 is 1.10 bits per heavy atom. The van der Waals surface area contributed by atoms with Gasteiger partial charge < -0.3 is 0 Å². The topological polar surface area (TPSA) is 60.2 Å². The van der Waals surface area contributed by atoms with E-state index in [1.807, 2.05) is 47.9 Å². The molecule has 4 rings (SSSR count). The first kappa shape index (κ1) is 20.7. The van der Waals surface area contributed by atoms with Crippen molar-refractivity contribution in [1.29, 1.82) is 0 Å². The number of carbonyl (C=O) groups is 1. The van der Waals surface area contributed by atoms with Crippen LogP contribution in [-0.2, 0) is 11.2 Å². The van der Waals surface area contributed by atoms with Crippen LogP contribution in [0.1, 0.15) is 24.0 Å². The first-order valence-corrected chi connectivity index (χ1v) is 9.74. The Balaban J connectivity index is 1.59. The number of pyridine rings is 1. The van der Waals surface area contributed by atoms with E-state index in [1.165, 1.54) is 0 Å². The summed E-state index contributed by atoms with van der Waals surface area (Å²) in [6.07, 6.45) is -0.685. The van der Waals surface area contributed by atoms with Crippen LogP contribution in [-0.4, -0.2) is 31.5 Å². The van der Waals surface area contributed by atoms with Crippen molar-refractivity contribution < 1.29 is 18.0 Å². The van der Waals surface area contributed by atoms with E-state index >= 15 is 0 Å². The lowest BCUT2D eigenvalue weighted by Crippen LogP contribution is -2.12. The molecule has 0 aliphatic carbocycles. The maximum Gasteiger partial charge on any atom is 0.389 e. The first-order chi connectivity index (χ1) is 14.8. The van der Waals surface area contributed by atoms with Crippen molar-refractivity contribution in [3.05, 3.63) is 72.2 Å². The highest BCUT2D eigenvalue weighted by Gasteiger charge is 2.27. The number of ketones is 1. The summed E-state index contributed by atoms with van der Waals surface area (Å²) in [5.74, 6) is -0.434. The Labute approximate surface area is 176 Å². The number of fused-ring (bicyclic) bond motifs is 1. The number of benzene rings is 1. The molecule has 0 atom stereocenters. The molecule has 4 aromatic rings. The number of aryl methyl sites for hydroxylation is 1. The van der Waals surface area contributed by atoms with E-state index < -0.39 is 24.8 Å². The second-order valence-electron chi connectivity index (χ2n) is 7.38. The van der Waals surface area contributed by atoms with Gasteiger partial charge in [0.25, 0.3) is 0 Å². The van der Waals surface area contributed by atoms with Crippen molar-refractivity contribution in [3.8, 4) is 22.5 Å². The Kier molecular flexibility index (Phi) is 5.54. The minimum Gasteiger partial charge on any atom is -0.300 e. The lowest BCUT2D eigenvalue weighted by Gasteiger charge is -2.08. The number of halogens is 3. The summed E-state index contributed by atoms with van der Waals surface area (Å²) in [4.78, 5) is 16.4. The van der Waals surface area contributed by atoms with E-state index in [2.05, 4.69) is 15.2 Å². The Bertz CT molecular complexity index is 1250. The number of carbonyl (C=O) groups excluding carboxylic acids is 1. The molecule has 0 amide bonds. The van der Waals surface area contributed by atoms with Gasteiger partial charge in [-0.2, -0.15) is 23.4 Å². The molecule has 0 N–H and O–H groups in total. The molecule has 0 bridgehead atoms. The van der Waals surface area contributed by atoms with Crippen molar-refractivity contribution in [2.75, 3.05) is 0 Å². The van der Waals surface area contributed by atoms with Gasteiger partial charge in [0.1, 0.15) is 11.4 Å². The smallest absolute Gasteiger partial charge is 0.300 e. The Hall–Kier alpha value is -3.55. The number of rotatable bonds is 6. The monoisotopic (exact) mass is 424 g/mol. The molecule has 0 spiro atoms. The van der Waals surface area contributed by atoms with Crippen LogP contribution in [0.3, 0.4) is 0 Å². The molecular formula is C23H19F3N4O. The van der Waals surface area contributed by atoms with Gasteiger partial charge in [0.2, 0.25) is 0 Å². The molecule has 0 aliphatic rings. The fourth-order valence-corrected chi connectivity index (χ4v) is 3.46. The molecule has 31 heavy (non-hydrogen) atoms.